The lowest BCUT2D eigenvalue weighted by Gasteiger charge is -2.32. The third-order valence-electron chi connectivity index (χ3n) is 4.38. The van der Waals surface area contributed by atoms with Gasteiger partial charge in [0.1, 0.15) is 5.75 Å². The maximum absolute atomic E-state index is 12.4. The standard InChI is InChI=1S/C17H26N2O3/c1-3-16(14-4-6-15(22-2)7-5-14)18-17(21)19-10-8-13(12-20)9-11-19/h4-7,13,16,20H,3,8-12H2,1-2H3,(H,18,21). The summed E-state index contributed by atoms with van der Waals surface area (Å²) < 4.78 is 5.16. The highest BCUT2D eigenvalue weighted by molar-refractivity contribution is 5.74. The van der Waals surface area contributed by atoms with Gasteiger partial charge in [-0.05, 0) is 42.9 Å². The summed E-state index contributed by atoms with van der Waals surface area (Å²) >= 11 is 0. The highest BCUT2D eigenvalue weighted by Gasteiger charge is 2.23. The maximum atomic E-state index is 12.4. The van der Waals surface area contributed by atoms with Crippen LogP contribution in [0.4, 0.5) is 4.79 Å². The summed E-state index contributed by atoms with van der Waals surface area (Å²) in [7, 11) is 1.64. The zero-order chi connectivity index (χ0) is 15.9. The molecule has 1 atom stereocenters. The lowest BCUT2D eigenvalue weighted by atomic mass is 9.98. The molecular weight excluding hydrogens is 280 g/mol. The van der Waals surface area contributed by atoms with Gasteiger partial charge in [0.2, 0.25) is 0 Å². The van der Waals surface area contributed by atoms with Gasteiger partial charge in [-0.2, -0.15) is 0 Å². The quantitative estimate of drug-likeness (QED) is 0.879. The van der Waals surface area contributed by atoms with Gasteiger partial charge in [-0.3, -0.25) is 0 Å². The molecule has 2 amide bonds. The van der Waals surface area contributed by atoms with E-state index in [1.165, 1.54) is 0 Å². The van der Waals surface area contributed by atoms with Gasteiger partial charge in [0.05, 0.1) is 13.2 Å². The molecule has 1 saturated heterocycles. The Morgan fingerprint density at radius 2 is 2.00 bits per heavy atom. The number of carbonyl (C=O) groups excluding carboxylic acids is 1. The van der Waals surface area contributed by atoms with E-state index in [9.17, 15) is 4.79 Å². The molecule has 0 radical (unpaired) electrons. The second-order valence-electron chi connectivity index (χ2n) is 5.80. The van der Waals surface area contributed by atoms with Crippen molar-refractivity contribution in [1.29, 1.82) is 0 Å². The fraction of sp³-hybridized carbons (Fsp3) is 0.588. The van der Waals surface area contributed by atoms with Gasteiger partial charge in [0, 0.05) is 19.7 Å². The normalized spacial score (nSPS) is 17.1. The molecule has 0 aliphatic carbocycles. The first-order chi connectivity index (χ1) is 10.7. The number of hydrogen-bond acceptors (Lipinski definition) is 3. The van der Waals surface area contributed by atoms with Crippen LogP contribution in [0.1, 0.15) is 37.8 Å². The molecule has 0 aromatic heterocycles. The van der Waals surface area contributed by atoms with E-state index in [2.05, 4.69) is 12.2 Å². The van der Waals surface area contributed by atoms with Crippen LogP contribution < -0.4 is 10.1 Å². The Kier molecular flexibility index (Phi) is 6.07. The molecule has 122 valence electrons. The average Bonchev–Trinajstić information content (AvgIpc) is 2.59. The van der Waals surface area contributed by atoms with Crippen molar-refractivity contribution < 1.29 is 14.6 Å². The fourth-order valence-electron chi connectivity index (χ4n) is 2.82. The monoisotopic (exact) mass is 306 g/mol. The van der Waals surface area contributed by atoms with Gasteiger partial charge in [-0.1, -0.05) is 19.1 Å². The number of piperidine rings is 1. The lowest BCUT2D eigenvalue weighted by Crippen LogP contribution is -2.45. The number of aliphatic hydroxyl groups excluding tert-OH is 1. The van der Waals surface area contributed by atoms with E-state index in [4.69, 9.17) is 9.84 Å². The van der Waals surface area contributed by atoms with Gasteiger partial charge in [0.15, 0.2) is 0 Å². The molecule has 1 aromatic carbocycles. The number of rotatable bonds is 5. The number of methoxy groups -OCH3 is 1. The summed E-state index contributed by atoms with van der Waals surface area (Å²) in [6, 6.07) is 7.80. The van der Waals surface area contributed by atoms with Crippen LogP contribution in [0.3, 0.4) is 0 Å². The van der Waals surface area contributed by atoms with Crippen LogP contribution in [0, 0.1) is 5.92 Å². The molecule has 1 fully saturated rings. The van der Waals surface area contributed by atoms with E-state index in [1.54, 1.807) is 7.11 Å². The SMILES string of the molecule is CCC(NC(=O)N1CCC(CO)CC1)c1ccc(OC)cc1. The van der Waals surface area contributed by atoms with E-state index in [0.717, 1.165) is 43.7 Å². The molecule has 5 nitrogen and oxygen atoms in total. The number of aliphatic hydroxyl groups is 1. The Morgan fingerprint density at radius 3 is 2.50 bits per heavy atom. The minimum absolute atomic E-state index is 0.00831. The van der Waals surface area contributed by atoms with E-state index >= 15 is 0 Å². The van der Waals surface area contributed by atoms with Crippen LogP contribution in [0.15, 0.2) is 24.3 Å². The molecule has 1 unspecified atom stereocenters. The van der Waals surface area contributed by atoms with Gasteiger partial charge in [0.25, 0.3) is 0 Å². The van der Waals surface area contributed by atoms with Crippen molar-refractivity contribution in [1.82, 2.24) is 10.2 Å². The molecule has 22 heavy (non-hydrogen) atoms. The minimum Gasteiger partial charge on any atom is -0.497 e. The van der Waals surface area contributed by atoms with Crippen LogP contribution in [0.5, 0.6) is 5.75 Å². The Balaban J connectivity index is 1.93. The number of amides is 2. The number of likely N-dealkylation sites (tertiary alicyclic amines) is 1. The number of ether oxygens (including phenoxy) is 1. The molecule has 0 bridgehead atoms. The number of nitrogens with one attached hydrogen (secondary N) is 1. The molecule has 0 spiro atoms. The first kappa shape index (κ1) is 16.6. The Morgan fingerprint density at radius 1 is 1.36 bits per heavy atom. The second kappa shape index (κ2) is 8.03. The van der Waals surface area contributed by atoms with Crippen molar-refractivity contribution in [2.75, 3.05) is 26.8 Å². The molecule has 1 aromatic rings. The fourth-order valence-corrected chi connectivity index (χ4v) is 2.82. The molecule has 2 rings (SSSR count). The number of nitrogens with zero attached hydrogens (tertiary/aromatic N) is 1. The Labute approximate surface area is 132 Å². The van der Waals surface area contributed by atoms with Crippen molar-refractivity contribution in [3.8, 4) is 5.75 Å². The summed E-state index contributed by atoms with van der Waals surface area (Å²) in [4.78, 5) is 14.2. The van der Waals surface area contributed by atoms with Crippen molar-refractivity contribution in [3.05, 3.63) is 29.8 Å². The van der Waals surface area contributed by atoms with Gasteiger partial charge >= 0.3 is 6.03 Å². The summed E-state index contributed by atoms with van der Waals surface area (Å²) in [6.45, 7) is 3.72. The van der Waals surface area contributed by atoms with E-state index < -0.39 is 0 Å². The largest absolute Gasteiger partial charge is 0.497 e. The minimum atomic E-state index is -0.0148. The predicted octanol–water partition coefficient (Wildman–Crippen LogP) is 2.56. The first-order valence-electron chi connectivity index (χ1n) is 7.98. The summed E-state index contributed by atoms with van der Waals surface area (Å²) in [5, 5.41) is 12.3. The molecule has 1 aliphatic rings. The predicted molar refractivity (Wildman–Crippen MR) is 85.9 cm³/mol. The Bertz CT molecular complexity index is 467. The van der Waals surface area contributed by atoms with Gasteiger partial charge in [-0.15, -0.1) is 0 Å². The van der Waals surface area contributed by atoms with Crippen molar-refractivity contribution in [3.63, 3.8) is 0 Å². The van der Waals surface area contributed by atoms with Crippen LogP contribution in [0.2, 0.25) is 0 Å². The number of urea groups is 1. The summed E-state index contributed by atoms with van der Waals surface area (Å²) in [5.74, 6) is 1.16. The topological polar surface area (TPSA) is 61.8 Å². The summed E-state index contributed by atoms with van der Waals surface area (Å²) in [6.07, 6.45) is 2.59. The second-order valence-corrected chi connectivity index (χ2v) is 5.80. The highest BCUT2D eigenvalue weighted by atomic mass is 16.5. The van der Waals surface area contributed by atoms with Crippen LogP contribution in [-0.4, -0.2) is 42.8 Å². The van der Waals surface area contributed by atoms with Crippen LogP contribution in [0.25, 0.3) is 0 Å². The van der Waals surface area contributed by atoms with E-state index in [-0.39, 0.29) is 18.7 Å². The zero-order valence-electron chi connectivity index (χ0n) is 13.4. The van der Waals surface area contributed by atoms with Gasteiger partial charge < -0.3 is 20.1 Å². The summed E-state index contributed by atoms with van der Waals surface area (Å²) in [5.41, 5.74) is 1.09. The van der Waals surface area contributed by atoms with Crippen LogP contribution >= 0.6 is 0 Å². The van der Waals surface area contributed by atoms with E-state index in [1.807, 2.05) is 29.2 Å². The van der Waals surface area contributed by atoms with Crippen molar-refractivity contribution in [2.45, 2.75) is 32.2 Å². The molecule has 2 N–H and O–H groups in total. The third-order valence-corrected chi connectivity index (χ3v) is 4.38. The Hall–Kier alpha value is -1.75. The highest BCUT2D eigenvalue weighted by Crippen LogP contribution is 2.21. The molecular formula is C17H26N2O3. The lowest BCUT2D eigenvalue weighted by molar-refractivity contribution is 0.135. The third kappa shape index (κ3) is 4.13. The maximum Gasteiger partial charge on any atom is 0.317 e. The number of hydrogen-bond donors (Lipinski definition) is 2. The van der Waals surface area contributed by atoms with Crippen molar-refractivity contribution in [2.24, 2.45) is 5.92 Å². The van der Waals surface area contributed by atoms with Crippen LogP contribution in [-0.2, 0) is 0 Å². The molecule has 0 saturated carbocycles. The van der Waals surface area contributed by atoms with Gasteiger partial charge in [-0.25, -0.2) is 4.79 Å². The van der Waals surface area contributed by atoms with E-state index in [0.29, 0.717) is 5.92 Å². The molecule has 1 aliphatic heterocycles. The average molecular weight is 306 g/mol. The zero-order valence-corrected chi connectivity index (χ0v) is 13.4. The smallest absolute Gasteiger partial charge is 0.317 e. The van der Waals surface area contributed by atoms with Crippen molar-refractivity contribution >= 4 is 6.03 Å². The molecule has 1 heterocycles. The number of benzene rings is 1. The molecule has 5 heteroatoms. The first-order valence-corrected chi connectivity index (χ1v) is 7.98. The number of carbonyl (C=O) groups is 1.